The quantitative estimate of drug-likeness (QED) is 0.530. The normalized spacial score (nSPS) is 10.5. The van der Waals surface area contributed by atoms with Gasteiger partial charge in [0.05, 0.1) is 10.6 Å². The Hall–Kier alpha value is -3.02. The van der Waals surface area contributed by atoms with Crippen molar-refractivity contribution in [2.24, 2.45) is 4.99 Å². The molecule has 1 N–H and O–H groups in total. The number of rotatable bonds is 4. The van der Waals surface area contributed by atoms with Gasteiger partial charge in [0.25, 0.3) is 5.69 Å². The molecule has 21 heavy (non-hydrogen) atoms. The molecular formula is C15H13N3O3. The van der Waals surface area contributed by atoms with E-state index in [0.29, 0.717) is 16.9 Å². The SMILES string of the molecule is CC(=O)Nc1ccc(N=Cc2cccc([N+](=O)[O-])c2)cc1. The Morgan fingerprint density at radius 3 is 2.57 bits per heavy atom. The van der Waals surface area contributed by atoms with Crippen LogP contribution in [0.2, 0.25) is 0 Å². The molecule has 0 spiro atoms. The third-order valence-electron chi connectivity index (χ3n) is 2.63. The molecule has 2 aromatic carbocycles. The standard InChI is InChI=1S/C15H13N3O3/c1-11(19)17-14-7-5-13(6-8-14)16-10-12-3-2-4-15(9-12)18(20)21/h2-10H,1H3,(H,17,19). The van der Waals surface area contributed by atoms with Crippen LogP contribution in [-0.2, 0) is 4.79 Å². The molecule has 1 amide bonds. The van der Waals surface area contributed by atoms with Crippen molar-refractivity contribution in [3.63, 3.8) is 0 Å². The minimum Gasteiger partial charge on any atom is -0.326 e. The summed E-state index contributed by atoms with van der Waals surface area (Å²) < 4.78 is 0. The molecule has 106 valence electrons. The van der Waals surface area contributed by atoms with Crippen LogP contribution in [0, 0.1) is 10.1 Å². The van der Waals surface area contributed by atoms with Crippen LogP contribution in [0.3, 0.4) is 0 Å². The van der Waals surface area contributed by atoms with Crippen LogP contribution >= 0.6 is 0 Å². The number of nitro groups is 1. The molecule has 0 bridgehead atoms. The maximum Gasteiger partial charge on any atom is 0.270 e. The zero-order chi connectivity index (χ0) is 15.2. The van der Waals surface area contributed by atoms with Gasteiger partial charge in [-0.3, -0.25) is 19.9 Å². The Labute approximate surface area is 121 Å². The summed E-state index contributed by atoms with van der Waals surface area (Å²) in [5.74, 6) is -0.136. The van der Waals surface area contributed by atoms with Crippen LogP contribution in [0.15, 0.2) is 53.5 Å². The molecule has 0 radical (unpaired) electrons. The molecular weight excluding hydrogens is 270 g/mol. The number of amides is 1. The maximum atomic E-state index is 10.9. The highest BCUT2D eigenvalue weighted by molar-refractivity contribution is 5.89. The fourth-order valence-corrected chi connectivity index (χ4v) is 1.70. The van der Waals surface area contributed by atoms with E-state index < -0.39 is 4.92 Å². The number of carbonyl (C=O) groups excluding carboxylic acids is 1. The number of carbonyl (C=O) groups is 1. The van der Waals surface area contributed by atoms with Gasteiger partial charge in [-0.25, -0.2) is 0 Å². The first-order chi connectivity index (χ1) is 10.0. The topological polar surface area (TPSA) is 84.6 Å². The van der Waals surface area contributed by atoms with Crippen LogP contribution in [0.5, 0.6) is 0 Å². The van der Waals surface area contributed by atoms with Crippen LogP contribution in [0.25, 0.3) is 0 Å². The zero-order valence-corrected chi connectivity index (χ0v) is 11.3. The van der Waals surface area contributed by atoms with Crippen LogP contribution in [0.4, 0.5) is 17.1 Å². The van der Waals surface area contributed by atoms with Crippen LogP contribution < -0.4 is 5.32 Å². The van der Waals surface area contributed by atoms with E-state index in [1.54, 1.807) is 42.6 Å². The van der Waals surface area contributed by atoms with Crippen molar-refractivity contribution in [2.75, 3.05) is 5.32 Å². The van der Waals surface area contributed by atoms with Gasteiger partial charge in [0, 0.05) is 31.0 Å². The summed E-state index contributed by atoms with van der Waals surface area (Å²) in [7, 11) is 0. The largest absolute Gasteiger partial charge is 0.326 e. The molecule has 0 saturated carbocycles. The van der Waals surface area contributed by atoms with Crippen molar-refractivity contribution in [3.05, 3.63) is 64.2 Å². The van der Waals surface area contributed by atoms with Crippen molar-refractivity contribution in [2.45, 2.75) is 6.92 Å². The number of benzene rings is 2. The van der Waals surface area contributed by atoms with Gasteiger partial charge in [0.2, 0.25) is 5.91 Å². The predicted molar refractivity (Wildman–Crippen MR) is 81.1 cm³/mol. The van der Waals surface area contributed by atoms with Crippen molar-refractivity contribution in [1.82, 2.24) is 0 Å². The Balaban J connectivity index is 2.12. The van der Waals surface area contributed by atoms with Crippen molar-refractivity contribution in [1.29, 1.82) is 0 Å². The number of nitrogens with one attached hydrogen (secondary N) is 1. The molecule has 0 fully saturated rings. The average Bonchev–Trinajstić information content (AvgIpc) is 2.46. The summed E-state index contributed by atoms with van der Waals surface area (Å²) in [5, 5.41) is 13.3. The Bertz CT molecular complexity index is 694. The second-order valence-corrected chi connectivity index (χ2v) is 4.34. The average molecular weight is 283 g/mol. The van der Waals surface area contributed by atoms with Crippen LogP contribution in [0.1, 0.15) is 12.5 Å². The molecule has 6 heteroatoms. The summed E-state index contributed by atoms with van der Waals surface area (Å²) in [6.45, 7) is 1.44. The van der Waals surface area contributed by atoms with Gasteiger partial charge < -0.3 is 5.32 Å². The molecule has 2 rings (SSSR count). The lowest BCUT2D eigenvalue weighted by Gasteiger charge is -2.01. The zero-order valence-electron chi connectivity index (χ0n) is 11.3. The molecule has 0 aromatic heterocycles. The van der Waals surface area contributed by atoms with E-state index in [-0.39, 0.29) is 11.6 Å². The fourth-order valence-electron chi connectivity index (χ4n) is 1.70. The fraction of sp³-hybridized carbons (Fsp3) is 0.0667. The van der Waals surface area contributed by atoms with Gasteiger partial charge in [0.1, 0.15) is 0 Å². The number of non-ortho nitro benzene ring substituents is 1. The first-order valence-corrected chi connectivity index (χ1v) is 6.21. The number of aliphatic imine (C=N–C) groups is 1. The summed E-state index contributed by atoms with van der Waals surface area (Å²) >= 11 is 0. The van der Waals surface area contributed by atoms with Gasteiger partial charge in [-0.1, -0.05) is 12.1 Å². The molecule has 6 nitrogen and oxygen atoms in total. The smallest absolute Gasteiger partial charge is 0.270 e. The minimum absolute atomic E-state index is 0.0277. The second-order valence-electron chi connectivity index (χ2n) is 4.34. The first-order valence-electron chi connectivity index (χ1n) is 6.21. The maximum absolute atomic E-state index is 10.9. The highest BCUT2D eigenvalue weighted by Crippen LogP contribution is 2.17. The number of nitro benzene ring substituents is 1. The lowest BCUT2D eigenvalue weighted by Crippen LogP contribution is -2.04. The number of hydrogen-bond donors (Lipinski definition) is 1. The van der Waals surface area contributed by atoms with Gasteiger partial charge in [-0.15, -0.1) is 0 Å². The van der Waals surface area contributed by atoms with E-state index in [0.717, 1.165) is 0 Å². The highest BCUT2D eigenvalue weighted by atomic mass is 16.6. The van der Waals surface area contributed by atoms with Gasteiger partial charge in [-0.05, 0) is 29.8 Å². The summed E-state index contributed by atoms with van der Waals surface area (Å²) in [6.07, 6.45) is 1.56. The predicted octanol–water partition coefficient (Wildman–Crippen LogP) is 3.30. The van der Waals surface area contributed by atoms with E-state index in [1.807, 2.05) is 0 Å². The summed E-state index contributed by atoms with van der Waals surface area (Å²) in [5.41, 5.74) is 2.06. The number of nitrogens with zero attached hydrogens (tertiary/aromatic N) is 2. The molecule has 0 heterocycles. The molecule has 2 aromatic rings. The molecule has 0 unspecified atom stereocenters. The van der Waals surface area contributed by atoms with Gasteiger partial charge in [0.15, 0.2) is 0 Å². The van der Waals surface area contributed by atoms with Gasteiger partial charge in [-0.2, -0.15) is 0 Å². The first kappa shape index (κ1) is 14.4. The van der Waals surface area contributed by atoms with Crippen molar-refractivity contribution in [3.8, 4) is 0 Å². The lowest BCUT2D eigenvalue weighted by molar-refractivity contribution is -0.384. The third kappa shape index (κ3) is 4.24. The molecule has 0 saturated heterocycles. The third-order valence-corrected chi connectivity index (χ3v) is 2.63. The number of anilines is 1. The number of hydrogen-bond acceptors (Lipinski definition) is 4. The summed E-state index contributed by atoms with van der Waals surface area (Å²) in [4.78, 5) is 25.4. The summed E-state index contributed by atoms with van der Waals surface area (Å²) in [6, 6.07) is 13.2. The Morgan fingerprint density at radius 2 is 1.95 bits per heavy atom. The van der Waals surface area contributed by atoms with Gasteiger partial charge >= 0.3 is 0 Å². The lowest BCUT2D eigenvalue weighted by atomic mass is 10.2. The van der Waals surface area contributed by atoms with E-state index in [2.05, 4.69) is 10.3 Å². The highest BCUT2D eigenvalue weighted by Gasteiger charge is 2.03. The van der Waals surface area contributed by atoms with Crippen LogP contribution in [-0.4, -0.2) is 17.0 Å². The monoisotopic (exact) mass is 283 g/mol. The Morgan fingerprint density at radius 1 is 1.24 bits per heavy atom. The molecule has 0 aliphatic heterocycles. The molecule has 0 atom stereocenters. The minimum atomic E-state index is -0.445. The van der Waals surface area contributed by atoms with E-state index in [4.69, 9.17) is 0 Å². The van der Waals surface area contributed by atoms with E-state index in [9.17, 15) is 14.9 Å². The molecule has 0 aliphatic carbocycles. The molecule has 0 aliphatic rings. The van der Waals surface area contributed by atoms with Crippen molar-refractivity contribution < 1.29 is 9.72 Å². The second kappa shape index (κ2) is 6.42. The van der Waals surface area contributed by atoms with Crippen molar-refractivity contribution >= 4 is 29.2 Å². The van der Waals surface area contributed by atoms with E-state index >= 15 is 0 Å². The van der Waals surface area contributed by atoms with E-state index in [1.165, 1.54) is 19.1 Å². The Kier molecular flexibility index (Phi) is 4.40.